The molecular formula is C12H17N3O3. The summed E-state index contributed by atoms with van der Waals surface area (Å²) < 4.78 is 0. The maximum atomic E-state index is 11.8. The number of amides is 3. The van der Waals surface area contributed by atoms with E-state index in [4.69, 9.17) is 0 Å². The molecule has 0 unspecified atom stereocenters. The van der Waals surface area contributed by atoms with E-state index in [2.05, 4.69) is 13.2 Å². The molecule has 0 aromatic carbocycles. The topological polar surface area (TPSA) is 60.9 Å². The predicted octanol–water partition coefficient (Wildman–Crippen LogP) is 0.488. The number of nitrogens with zero attached hydrogens (tertiary/aromatic N) is 3. The lowest BCUT2D eigenvalue weighted by atomic mass is 10.3. The van der Waals surface area contributed by atoms with E-state index < -0.39 is 11.8 Å². The van der Waals surface area contributed by atoms with E-state index in [0.29, 0.717) is 19.5 Å². The van der Waals surface area contributed by atoms with Crippen molar-refractivity contribution in [2.45, 2.75) is 19.8 Å². The maximum Gasteiger partial charge on any atom is 0.284 e. The zero-order valence-electron chi connectivity index (χ0n) is 10.5. The third-order valence-electron chi connectivity index (χ3n) is 2.59. The molecule has 1 aliphatic heterocycles. The minimum Gasteiger partial charge on any atom is -0.273 e. The molecule has 1 rings (SSSR count). The summed E-state index contributed by atoms with van der Waals surface area (Å²) in [5.74, 6) is -1.14. The van der Waals surface area contributed by atoms with Crippen LogP contribution in [0.1, 0.15) is 19.8 Å². The summed E-state index contributed by atoms with van der Waals surface area (Å²) in [6.07, 6.45) is 3.07. The van der Waals surface area contributed by atoms with Crippen LogP contribution in [0.3, 0.4) is 0 Å². The molecule has 1 fully saturated rings. The molecule has 0 aromatic rings. The van der Waals surface area contributed by atoms with Crippen LogP contribution in [0.25, 0.3) is 0 Å². The minimum atomic E-state index is -0.508. The van der Waals surface area contributed by atoms with E-state index in [1.165, 1.54) is 10.0 Å². The van der Waals surface area contributed by atoms with Gasteiger partial charge in [-0.25, -0.2) is 10.0 Å². The molecule has 18 heavy (non-hydrogen) atoms. The van der Waals surface area contributed by atoms with Crippen LogP contribution in [-0.4, -0.2) is 45.9 Å². The quantitative estimate of drug-likeness (QED) is 0.686. The summed E-state index contributed by atoms with van der Waals surface area (Å²) in [5.41, 5.74) is 0. The number of hydrogen-bond donors (Lipinski definition) is 0. The van der Waals surface area contributed by atoms with Crippen molar-refractivity contribution in [1.29, 1.82) is 0 Å². The van der Waals surface area contributed by atoms with Crippen molar-refractivity contribution in [3.8, 4) is 0 Å². The van der Waals surface area contributed by atoms with Gasteiger partial charge in [0.25, 0.3) is 11.8 Å². The van der Waals surface area contributed by atoms with Crippen LogP contribution >= 0.6 is 0 Å². The Balaban J connectivity index is 3.07. The van der Waals surface area contributed by atoms with Crippen molar-refractivity contribution in [3.63, 3.8) is 0 Å². The third kappa shape index (κ3) is 2.58. The monoisotopic (exact) mass is 251 g/mol. The van der Waals surface area contributed by atoms with Crippen LogP contribution in [0, 0.1) is 0 Å². The Morgan fingerprint density at radius 3 is 2.11 bits per heavy atom. The van der Waals surface area contributed by atoms with Crippen molar-refractivity contribution in [3.05, 3.63) is 25.3 Å². The maximum absolute atomic E-state index is 11.8. The van der Waals surface area contributed by atoms with Crippen molar-refractivity contribution in [2.75, 3.05) is 13.1 Å². The average molecular weight is 251 g/mol. The van der Waals surface area contributed by atoms with Crippen molar-refractivity contribution in [1.82, 2.24) is 15.1 Å². The Labute approximate surface area is 106 Å². The lowest BCUT2D eigenvalue weighted by molar-refractivity contribution is -0.211. The van der Waals surface area contributed by atoms with E-state index in [0.717, 1.165) is 17.3 Å². The van der Waals surface area contributed by atoms with Crippen LogP contribution in [0.15, 0.2) is 25.3 Å². The molecule has 3 amide bonds. The summed E-state index contributed by atoms with van der Waals surface area (Å²) in [5, 5.41) is 3.52. The van der Waals surface area contributed by atoms with Crippen LogP contribution in [0.2, 0.25) is 0 Å². The lowest BCUT2D eigenvalue weighted by Crippen LogP contribution is -2.63. The van der Waals surface area contributed by atoms with Crippen molar-refractivity contribution < 1.29 is 14.4 Å². The largest absolute Gasteiger partial charge is 0.284 e. The number of hydrogen-bond acceptors (Lipinski definition) is 3. The fourth-order valence-corrected chi connectivity index (χ4v) is 1.73. The van der Waals surface area contributed by atoms with E-state index in [1.54, 1.807) is 6.92 Å². The molecule has 0 atom stereocenters. The Kier molecular flexibility index (Phi) is 4.65. The fraction of sp³-hybridized carbons (Fsp3) is 0.417. The van der Waals surface area contributed by atoms with Gasteiger partial charge in [-0.2, -0.15) is 0 Å². The van der Waals surface area contributed by atoms with Gasteiger partial charge >= 0.3 is 0 Å². The molecule has 1 saturated heterocycles. The molecule has 6 nitrogen and oxygen atoms in total. The molecule has 0 radical (unpaired) electrons. The zero-order valence-corrected chi connectivity index (χ0v) is 10.5. The molecule has 0 saturated carbocycles. The highest BCUT2D eigenvalue weighted by atomic mass is 16.2. The van der Waals surface area contributed by atoms with Crippen LogP contribution < -0.4 is 0 Å². The van der Waals surface area contributed by atoms with Gasteiger partial charge in [0.2, 0.25) is 5.91 Å². The summed E-state index contributed by atoms with van der Waals surface area (Å²) >= 11 is 0. The van der Waals surface area contributed by atoms with Gasteiger partial charge in [-0.3, -0.25) is 14.4 Å². The lowest BCUT2D eigenvalue weighted by Gasteiger charge is -2.44. The van der Waals surface area contributed by atoms with Gasteiger partial charge in [0, 0.05) is 19.5 Å². The molecule has 98 valence electrons. The van der Waals surface area contributed by atoms with Gasteiger partial charge < -0.3 is 0 Å². The number of rotatable bonds is 3. The second kappa shape index (κ2) is 6.00. The van der Waals surface area contributed by atoms with Crippen LogP contribution in [0.4, 0.5) is 0 Å². The first kappa shape index (κ1) is 14.0. The summed E-state index contributed by atoms with van der Waals surface area (Å²) in [4.78, 5) is 35.3. The first-order chi connectivity index (χ1) is 8.56. The third-order valence-corrected chi connectivity index (χ3v) is 2.59. The number of carbonyl (C=O) groups is 3. The number of hydrazine groups is 2. The molecule has 0 N–H and O–H groups in total. The fourth-order valence-electron chi connectivity index (χ4n) is 1.73. The second-order valence-electron chi connectivity index (χ2n) is 3.72. The molecule has 0 aromatic heterocycles. The van der Waals surface area contributed by atoms with Crippen molar-refractivity contribution >= 4 is 17.7 Å². The predicted molar refractivity (Wildman–Crippen MR) is 65.6 cm³/mol. The Morgan fingerprint density at radius 2 is 1.61 bits per heavy atom. The summed E-state index contributed by atoms with van der Waals surface area (Å²) in [6.45, 7) is 9.25. The van der Waals surface area contributed by atoms with Crippen LogP contribution in [-0.2, 0) is 14.4 Å². The van der Waals surface area contributed by atoms with E-state index in [9.17, 15) is 14.4 Å². The Bertz CT molecular complexity index is 392. The highest BCUT2D eigenvalue weighted by Gasteiger charge is 2.34. The molecule has 0 bridgehead atoms. The molecule has 6 heteroatoms. The average Bonchev–Trinajstić information content (AvgIpc) is 2.43. The molecular weight excluding hydrogens is 234 g/mol. The van der Waals surface area contributed by atoms with Gasteiger partial charge in [0.1, 0.15) is 0 Å². The first-order valence-electron chi connectivity index (χ1n) is 5.77. The normalized spacial score (nSPS) is 15.3. The molecule has 1 aliphatic rings. The zero-order chi connectivity index (χ0) is 13.7. The van der Waals surface area contributed by atoms with Gasteiger partial charge in [0.05, 0.1) is 0 Å². The van der Waals surface area contributed by atoms with Crippen molar-refractivity contribution in [2.24, 2.45) is 0 Å². The SMILES string of the molecule is C=CC(=O)N1CCCN(C(=O)CC)N1C(=O)C=C. The molecule has 0 aliphatic carbocycles. The second-order valence-corrected chi connectivity index (χ2v) is 3.72. The smallest absolute Gasteiger partial charge is 0.273 e. The Morgan fingerprint density at radius 1 is 1.06 bits per heavy atom. The highest BCUT2D eigenvalue weighted by molar-refractivity contribution is 5.93. The summed E-state index contributed by atoms with van der Waals surface area (Å²) in [7, 11) is 0. The van der Waals surface area contributed by atoms with Gasteiger partial charge in [-0.1, -0.05) is 20.1 Å². The van der Waals surface area contributed by atoms with E-state index in [1.807, 2.05) is 0 Å². The van der Waals surface area contributed by atoms with Gasteiger partial charge in [-0.15, -0.1) is 5.12 Å². The summed E-state index contributed by atoms with van der Waals surface area (Å²) in [6, 6.07) is 0. The molecule has 1 heterocycles. The highest BCUT2D eigenvalue weighted by Crippen LogP contribution is 2.15. The number of carbonyl (C=O) groups excluding carboxylic acids is 3. The van der Waals surface area contributed by atoms with Crippen LogP contribution in [0.5, 0.6) is 0 Å². The minimum absolute atomic E-state index is 0.216. The Hall–Kier alpha value is -2.11. The van der Waals surface area contributed by atoms with E-state index in [-0.39, 0.29) is 12.3 Å². The van der Waals surface area contributed by atoms with E-state index >= 15 is 0 Å². The molecule has 0 spiro atoms. The van der Waals surface area contributed by atoms with Gasteiger partial charge in [0.15, 0.2) is 0 Å². The first-order valence-corrected chi connectivity index (χ1v) is 5.77. The van der Waals surface area contributed by atoms with Gasteiger partial charge in [-0.05, 0) is 18.6 Å². The standard InChI is InChI=1S/C12H17N3O3/c1-4-10(16)13-8-7-9-14(11(17)5-2)15(13)12(18)6-3/h4,6H,1,3,5,7-9H2,2H3.